The van der Waals surface area contributed by atoms with Gasteiger partial charge in [-0.3, -0.25) is 18.9 Å². The maximum absolute atomic E-state index is 13.4. The van der Waals surface area contributed by atoms with E-state index in [1.54, 1.807) is 27.7 Å². The molecule has 14 nitrogen and oxygen atoms in total. The highest BCUT2D eigenvalue weighted by molar-refractivity contribution is 7.46. The first-order valence-electron chi connectivity index (χ1n) is 18.9. The Morgan fingerprint density at radius 3 is 1.96 bits per heavy atom. The molecule has 306 valence electrons. The SMILES string of the molecule is CC[C@@H](CC(=O)O[C@H](OC(=O)C(C=NC(=O)[C@H](C)OP(=O)(O)O)C(C)C)C(C)C)c1ccc(N(CC(C)C)CC(C)C)c(NC(=O)Nc2ccc(C)cc2)c1. The van der Waals surface area contributed by atoms with Crippen LogP contribution >= 0.6 is 7.82 Å². The van der Waals surface area contributed by atoms with Gasteiger partial charge in [0.15, 0.2) is 0 Å². The molecule has 0 spiro atoms. The van der Waals surface area contributed by atoms with Gasteiger partial charge >= 0.3 is 25.8 Å². The maximum Gasteiger partial charge on any atom is 0.470 e. The Kier molecular flexibility index (Phi) is 18.7. The zero-order valence-corrected chi connectivity index (χ0v) is 35.0. The summed E-state index contributed by atoms with van der Waals surface area (Å²) in [5, 5.41) is 5.96. The van der Waals surface area contributed by atoms with Crippen LogP contribution in [0.1, 0.15) is 99.1 Å². The van der Waals surface area contributed by atoms with Gasteiger partial charge in [0.25, 0.3) is 5.91 Å². The van der Waals surface area contributed by atoms with E-state index in [-0.39, 0.29) is 12.3 Å². The van der Waals surface area contributed by atoms with E-state index >= 15 is 0 Å². The molecule has 55 heavy (non-hydrogen) atoms. The number of nitrogens with zero attached hydrogens (tertiary/aromatic N) is 2. The lowest BCUT2D eigenvalue weighted by Crippen LogP contribution is -2.34. The second kappa shape index (κ2) is 21.8. The number of phosphoric acid groups is 1. The smallest absolute Gasteiger partial charge is 0.425 e. The molecule has 0 radical (unpaired) electrons. The van der Waals surface area contributed by atoms with Crippen LogP contribution in [0.25, 0.3) is 0 Å². The van der Waals surface area contributed by atoms with Crippen LogP contribution in [0.5, 0.6) is 0 Å². The van der Waals surface area contributed by atoms with E-state index in [1.807, 2.05) is 56.3 Å². The number of esters is 2. The molecule has 0 aliphatic carbocycles. The van der Waals surface area contributed by atoms with E-state index < -0.39 is 61.8 Å². The normalized spacial score (nSPS) is 14.2. The van der Waals surface area contributed by atoms with Crippen molar-refractivity contribution in [2.75, 3.05) is 28.6 Å². The van der Waals surface area contributed by atoms with Gasteiger partial charge in [-0.15, -0.1) is 0 Å². The van der Waals surface area contributed by atoms with Crippen molar-refractivity contribution in [3.05, 3.63) is 53.6 Å². The number of aliphatic imine (C=N–C) groups is 1. The summed E-state index contributed by atoms with van der Waals surface area (Å²) >= 11 is 0. The molecule has 0 saturated carbocycles. The molecular weight excluding hydrogens is 727 g/mol. The number of carbonyl (C=O) groups excluding carboxylic acids is 4. The Bertz CT molecular complexity index is 1650. The predicted octanol–water partition coefficient (Wildman–Crippen LogP) is 8.08. The molecule has 2 rings (SSSR count). The van der Waals surface area contributed by atoms with Gasteiger partial charge in [0, 0.05) is 30.9 Å². The van der Waals surface area contributed by atoms with Crippen molar-refractivity contribution in [1.29, 1.82) is 0 Å². The zero-order chi connectivity index (χ0) is 41.6. The number of nitrogens with one attached hydrogen (secondary N) is 2. The number of rotatable bonds is 20. The van der Waals surface area contributed by atoms with Crippen LogP contribution in [0.2, 0.25) is 0 Å². The summed E-state index contributed by atoms with van der Waals surface area (Å²) in [5.74, 6) is -3.81. The molecule has 0 aliphatic rings. The average molecular weight is 789 g/mol. The minimum Gasteiger partial charge on any atom is -0.425 e. The predicted molar refractivity (Wildman–Crippen MR) is 215 cm³/mol. The van der Waals surface area contributed by atoms with Gasteiger partial charge in [-0.25, -0.2) is 14.4 Å². The Hall–Kier alpha value is -4.10. The number of urea groups is 1. The molecule has 3 amide bonds. The number of anilines is 3. The van der Waals surface area contributed by atoms with Gasteiger partial charge in [-0.05, 0) is 73.8 Å². The number of phosphoric ester groups is 1. The number of amides is 3. The van der Waals surface area contributed by atoms with Crippen LogP contribution < -0.4 is 15.5 Å². The van der Waals surface area contributed by atoms with E-state index in [0.717, 1.165) is 43.0 Å². The number of hydrogen-bond donors (Lipinski definition) is 4. The second-order valence-corrected chi connectivity index (χ2v) is 16.6. The van der Waals surface area contributed by atoms with Crippen LogP contribution in [0.15, 0.2) is 47.5 Å². The van der Waals surface area contributed by atoms with Crippen LogP contribution in [0.4, 0.5) is 21.9 Å². The number of ether oxygens (including phenoxy) is 2. The van der Waals surface area contributed by atoms with Gasteiger partial charge < -0.3 is 34.8 Å². The first kappa shape index (κ1) is 47.1. The van der Waals surface area contributed by atoms with E-state index in [2.05, 4.69) is 52.7 Å². The molecule has 0 heterocycles. The molecule has 15 heteroatoms. The summed E-state index contributed by atoms with van der Waals surface area (Å²) in [5.41, 5.74) is 4.01. The largest absolute Gasteiger partial charge is 0.470 e. The first-order chi connectivity index (χ1) is 25.6. The molecule has 0 bridgehead atoms. The topological polar surface area (TPSA) is 193 Å². The number of aryl methyl sites for hydroxylation is 1. The van der Waals surface area contributed by atoms with Gasteiger partial charge in [-0.1, -0.05) is 86.1 Å². The van der Waals surface area contributed by atoms with E-state index in [0.29, 0.717) is 29.6 Å². The summed E-state index contributed by atoms with van der Waals surface area (Å²) in [6.07, 6.45) is -1.21. The third kappa shape index (κ3) is 16.7. The molecule has 0 saturated heterocycles. The zero-order valence-electron chi connectivity index (χ0n) is 34.1. The minimum absolute atomic E-state index is 0.0334. The molecule has 0 aromatic heterocycles. The Balaban J connectivity index is 2.32. The molecule has 4 N–H and O–H groups in total. The summed E-state index contributed by atoms with van der Waals surface area (Å²) in [7, 11) is -4.93. The standard InChI is InChI=1S/C40H61N4O10P/c1-12-30(20-36(45)52-39(27(8)9)53-38(47)33(26(6)7)21-41-37(46)29(11)54-55(49,50)51)31-15-18-35(44(22-24(2)3)23-25(4)5)34(19-31)43-40(48)42-32-16-13-28(10)14-17-32/h13-19,21,24-27,29-30,33,39H,12,20,22-23H2,1-11H3,(H2,42,43,48)(H2,49,50,51)/t29-,30-,33?,39+/m0/s1. The van der Waals surface area contributed by atoms with Crippen LogP contribution in [0, 0.1) is 36.5 Å². The molecule has 4 atom stereocenters. The number of hydrogen-bond acceptors (Lipinski definition) is 9. The fourth-order valence-corrected chi connectivity index (χ4v) is 6.14. The third-order valence-corrected chi connectivity index (χ3v) is 9.08. The number of carbonyl (C=O) groups is 4. The summed E-state index contributed by atoms with van der Waals surface area (Å²) in [6.45, 7) is 22.0. The fourth-order valence-electron chi connectivity index (χ4n) is 5.64. The highest BCUT2D eigenvalue weighted by Crippen LogP contribution is 2.38. The summed E-state index contributed by atoms with van der Waals surface area (Å²) in [4.78, 5) is 76.2. The Morgan fingerprint density at radius 2 is 1.45 bits per heavy atom. The summed E-state index contributed by atoms with van der Waals surface area (Å²) in [6, 6.07) is 13.0. The van der Waals surface area contributed by atoms with Crippen molar-refractivity contribution in [3.63, 3.8) is 0 Å². The van der Waals surface area contributed by atoms with Crippen LogP contribution in [0.3, 0.4) is 0 Å². The van der Waals surface area contributed by atoms with Gasteiger partial charge in [-0.2, -0.15) is 0 Å². The molecule has 0 aliphatic heterocycles. The molecule has 0 fully saturated rings. The van der Waals surface area contributed by atoms with Crippen LogP contribution in [-0.2, 0) is 32.9 Å². The molecule has 2 aromatic rings. The van der Waals surface area contributed by atoms with Crippen molar-refractivity contribution in [2.45, 2.75) is 107 Å². The van der Waals surface area contributed by atoms with E-state index in [9.17, 15) is 23.7 Å². The van der Waals surface area contributed by atoms with Gasteiger partial charge in [0.2, 0.25) is 6.29 Å². The Morgan fingerprint density at radius 1 is 0.855 bits per heavy atom. The maximum atomic E-state index is 13.4. The second-order valence-electron chi connectivity index (χ2n) is 15.4. The Labute approximate surface area is 326 Å². The fraction of sp³-hybridized carbons (Fsp3) is 0.575. The van der Waals surface area contributed by atoms with Gasteiger partial charge in [0.05, 0.1) is 23.7 Å². The highest BCUT2D eigenvalue weighted by Gasteiger charge is 2.31. The van der Waals surface area contributed by atoms with Crippen molar-refractivity contribution in [1.82, 2.24) is 0 Å². The third-order valence-electron chi connectivity index (χ3n) is 8.49. The van der Waals surface area contributed by atoms with E-state index in [1.165, 1.54) is 0 Å². The van der Waals surface area contributed by atoms with Crippen molar-refractivity contribution < 1.29 is 47.5 Å². The van der Waals surface area contributed by atoms with Crippen molar-refractivity contribution in [2.24, 2.45) is 34.6 Å². The molecular formula is C40H61N4O10P. The monoisotopic (exact) mass is 788 g/mol. The first-order valence-corrected chi connectivity index (χ1v) is 20.4. The molecule has 1 unspecified atom stereocenters. The van der Waals surface area contributed by atoms with Crippen molar-refractivity contribution >= 4 is 55.0 Å². The van der Waals surface area contributed by atoms with Crippen LogP contribution in [-0.4, -0.2) is 65.4 Å². The molecule has 2 aromatic carbocycles. The minimum atomic E-state index is -4.93. The lowest BCUT2D eigenvalue weighted by molar-refractivity contribution is -0.198. The highest BCUT2D eigenvalue weighted by atomic mass is 31.2. The lowest BCUT2D eigenvalue weighted by atomic mass is 9.92. The lowest BCUT2D eigenvalue weighted by Gasteiger charge is -2.31. The number of benzene rings is 2. The average Bonchev–Trinajstić information content (AvgIpc) is 3.06. The summed E-state index contributed by atoms with van der Waals surface area (Å²) < 4.78 is 26.8. The van der Waals surface area contributed by atoms with Gasteiger partial charge in [0.1, 0.15) is 6.10 Å². The van der Waals surface area contributed by atoms with E-state index in [4.69, 9.17) is 19.3 Å². The quantitative estimate of drug-likeness (QED) is 0.0439. The van der Waals surface area contributed by atoms with Crippen molar-refractivity contribution in [3.8, 4) is 0 Å².